The van der Waals surface area contributed by atoms with Crippen LogP contribution in [-0.2, 0) is 11.3 Å². The first-order valence-corrected chi connectivity index (χ1v) is 7.04. The molecule has 1 aliphatic heterocycles. The van der Waals surface area contributed by atoms with Gasteiger partial charge in [-0.15, -0.1) is 0 Å². The van der Waals surface area contributed by atoms with Crippen LogP contribution in [0.15, 0.2) is 18.2 Å². The quantitative estimate of drug-likeness (QED) is 0.903. The van der Waals surface area contributed by atoms with Crippen LogP contribution in [0.3, 0.4) is 0 Å². The van der Waals surface area contributed by atoms with E-state index < -0.39 is 0 Å². The number of nitrogens with zero attached hydrogens (tertiary/aromatic N) is 2. The summed E-state index contributed by atoms with van der Waals surface area (Å²) in [5.41, 5.74) is 1.00. The lowest BCUT2D eigenvalue weighted by Gasteiger charge is -2.38. The van der Waals surface area contributed by atoms with Crippen LogP contribution in [0.5, 0.6) is 0 Å². The Morgan fingerprint density at radius 1 is 1.42 bits per heavy atom. The van der Waals surface area contributed by atoms with Gasteiger partial charge in [-0.1, -0.05) is 19.9 Å². The lowest BCUT2D eigenvalue weighted by atomic mass is 10.1. The maximum absolute atomic E-state index is 5.74. The molecule has 4 nitrogen and oxygen atoms in total. The molecule has 1 saturated heterocycles. The summed E-state index contributed by atoms with van der Waals surface area (Å²) in [6, 6.07) is 6.72. The summed E-state index contributed by atoms with van der Waals surface area (Å²) in [7, 11) is 0. The van der Waals surface area contributed by atoms with Gasteiger partial charge in [-0.2, -0.15) is 0 Å². The normalized spacial score (nSPS) is 18.9. The average molecular weight is 263 g/mol. The smallest absolute Gasteiger partial charge is 0.129 e. The zero-order chi connectivity index (χ0) is 13.9. The number of hydrogen-bond acceptors (Lipinski definition) is 4. The molecule has 0 unspecified atom stereocenters. The zero-order valence-corrected chi connectivity index (χ0v) is 12.4. The van der Waals surface area contributed by atoms with Crippen molar-refractivity contribution >= 4 is 5.82 Å². The van der Waals surface area contributed by atoms with E-state index in [9.17, 15) is 0 Å². The second-order valence-electron chi connectivity index (χ2n) is 6.05. The molecule has 0 radical (unpaired) electrons. The summed E-state index contributed by atoms with van der Waals surface area (Å²) in [6.07, 6.45) is 0. The summed E-state index contributed by atoms with van der Waals surface area (Å²) < 4.78 is 5.74. The Morgan fingerprint density at radius 3 is 2.89 bits per heavy atom. The molecule has 2 rings (SSSR count). The Kier molecular flexibility index (Phi) is 4.42. The summed E-state index contributed by atoms with van der Waals surface area (Å²) >= 11 is 0. The molecule has 2 heterocycles. The van der Waals surface area contributed by atoms with Crippen molar-refractivity contribution in [2.45, 2.75) is 45.9 Å². The molecular formula is C15H25N3O. The van der Waals surface area contributed by atoms with Crippen molar-refractivity contribution in [2.24, 2.45) is 0 Å². The molecule has 1 aromatic rings. The summed E-state index contributed by atoms with van der Waals surface area (Å²) in [5.74, 6) is 1.06. The molecule has 0 saturated carbocycles. The van der Waals surface area contributed by atoms with E-state index in [1.54, 1.807) is 0 Å². The van der Waals surface area contributed by atoms with Crippen LogP contribution in [0, 0.1) is 0 Å². The van der Waals surface area contributed by atoms with Crippen LogP contribution in [-0.4, -0.2) is 36.3 Å². The fourth-order valence-corrected chi connectivity index (χ4v) is 2.26. The minimum atomic E-state index is -0.0912. The van der Waals surface area contributed by atoms with E-state index in [1.165, 1.54) is 0 Å². The van der Waals surface area contributed by atoms with E-state index in [0.29, 0.717) is 6.04 Å². The molecular weight excluding hydrogens is 238 g/mol. The zero-order valence-electron chi connectivity index (χ0n) is 12.4. The molecule has 0 spiro atoms. The second kappa shape index (κ2) is 5.88. The number of ether oxygens (including phenoxy) is 1. The van der Waals surface area contributed by atoms with Gasteiger partial charge in [-0.05, 0) is 26.0 Å². The highest BCUT2D eigenvalue weighted by molar-refractivity contribution is 5.40. The Hall–Kier alpha value is -1.13. The first kappa shape index (κ1) is 14.3. The number of rotatable bonds is 4. The first-order chi connectivity index (χ1) is 8.96. The molecule has 1 aliphatic rings. The van der Waals surface area contributed by atoms with Gasteiger partial charge in [0.05, 0.1) is 17.9 Å². The maximum Gasteiger partial charge on any atom is 0.129 e. The van der Waals surface area contributed by atoms with Gasteiger partial charge in [-0.25, -0.2) is 4.98 Å². The monoisotopic (exact) mass is 263 g/mol. The Labute approximate surface area is 116 Å². The minimum absolute atomic E-state index is 0.0912. The molecule has 0 atom stereocenters. The average Bonchev–Trinajstić information content (AvgIpc) is 2.35. The molecule has 1 aromatic heterocycles. The fourth-order valence-electron chi connectivity index (χ4n) is 2.26. The summed E-state index contributed by atoms with van der Waals surface area (Å²) in [6.45, 7) is 11.9. The van der Waals surface area contributed by atoms with E-state index in [2.05, 4.69) is 56.1 Å². The molecule has 0 aliphatic carbocycles. The van der Waals surface area contributed by atoms with E-state index in [4.69, 9.17) is 9.72 Å². The number of pyridine rings is 1. The van der Waals surface area contributed by atoms with Crippen molar-refractivity contribution in [3.63, 3.8) is 0 Å². The molecule has 0 bridgehead atoms. The van der Waals surface area contributed by atoms with Crippen molar-refractivity contribution < 1.29 is 4.74 Å². The highest BCUT2D eigenvalue weighted by atomic mass is 16.5. The van der Waals surface area contributed by atoms with E-state index in [1.807, 2.05) is 0 Å². The molecule has 1 fully saturated rings. The predicted octanol–water partition coefficient (Wildman–Crippen LogP) is 2.19. The predicted molar refractivity (Wildman–Crippen MR) is 78.5 cm³/mol. The van der Waals surface area contributed by atoms with Gasteiger partial charge in [0.1, 0.15) is 5.82 Å². The van der Waals surface area contributed by atoms with Gasteiger partial charge in [0.2, 0.25) is 0 Å². The molecule has 0 aromatic carbocycles. The SMILES string of the molecule is CC(C)NCc1cccc(N2CCOC(C)(C)C2)n1. The van der Waals surface area contributed by atoms with Crippen molar-refractivity contribution in [3.05, 3.63) is 23.9 Å². The summed E-state index contributed by atoms with van der Waals surface area (Å²) in [5, 5.41) is 3.40. The van der Waals surface area contributed by atoms with E-state index in [0.717, 1.165) is 37.8 Å². The van der Waals surface area contributed by atoms with Crippen molar-refractivity contribution in [1.82, 2.24) is 10.3 Å². The van der Waals surface area contributed by atoms with Crippen molar-refractivity contribution in [1.29, 1.82) is 0 Å². The molecule has 1 N–H and O–H groups in total. The first-order valence-electron chi connectivity index (χ1n) is 7.04. The largest absolute Gasteiger partial charge is 0.372 e. The third kappa shape index (κ3) is 4.18. The molecule has 19 heavy (non-hydrogen) atoms. The highest BCUT2D eigenvalue weighted by Gasteiger charge is 2.27. The van der Waals surface area contributed by atoms with Crippen LogP contribution in [0.1, 0.15) is 33.4 Å². The highest BCUT2D eigenvalue weighted by Crippen LogP contribution is 2.21. The molecule has 4 heteroatoms. The van der Waals surface area contributed by atoms with E-state index >= 15 is 0 Å². The van der Waals surface area contributed by atoms with Gasteiger partial charge >= 0.3 is 0 Å². The van der Waals surface area contributed by atoms with Gasteiger partial charge in [-0.3, -0.25) is 0 Å². The topological polar surface area (TPSA) is 37.4 Å². The third-order valence-electron chi connectivity index (χ3n) is 3.23. The van der Waals surface area contributed by atoms with Crippen LogP contribution in [0.2, 0.25) is 0 Å². The van der Waals surface area contributed by atoms with Gasteiger partial charge < -0.3 is 15.0 Å². The van der Waals surface area contributed by atoms with Crippen LogP contribution in [0.4, 0.5) is 5.82 Å². The Bertz CT molecular complexity index is 418. The molecule has 0 amide bonds. The van der Waals surface area contributed by atoms with Gasteiger partial charge in [0, 0.05) is 25.7 Å². The number of morpholine rings is 1. The lowest BCUT2D eigenvalue weighted by molar-refractivity contribution is -0.0279. The van der Waals surface area contributed by atoms with E-state index in [-0.39, 0.29) is 5.60 Å². The minimum Gasteiger partial charge on any atom is -0.372 e. The third-order valence-corrected chi connectivity index (χ3v) is 3.23. The van der Waals surface area contributed by atoms with Crippen LogP contribution < -0.4 is 10.2 Å². The lowest BCUT2D eigenvalue weighted by Crippen LogP contribution is -2.48. The van der Waals surface area contributed by atoms with Gasteiger partial charge in [0.25, 0.3) is 0 Å². The second-order valence-corrected chi connectivity index (χ2v) is 6.05. The van der Waals surface area contributed by atoms with Crippen molar-refractivity contribution in [2.75, 3.05) is 24.6 Å². The Balaban J connectivity index is 2.05. The Morgan fingerprint density at radius 2 is 2.21 bits per heavy atom. The number of anilines is 1. The van der Waals surface area contributed by atoms with Crippen LogP contribution in [0.25, 0.3) is 0 Å². The van der Waals surface area contributed by atoms with Crippen LogP contribution >= 0.6 is 0 Å². The maximum atomic E-state index is 5.74. The summed E-state index contributed by atoms with van der Waals surface area (Å²) in [4.78, 5) is 7.05. The number of nitrogens with one attached hydrogen (secondary N) is 1. The standard InChI is InChI=1S/C15H25N3O/c1-12(2)16-10-13-6-5-7-14(17-13)18-8-9-19-15(3,4)11-18/h5-7,12,16H,8-11H2,1-4H3. The molecule has 106 valence electrons. The fraction of sp³-hybridized carbons (Fsp3) is 0.667. The number of hydrogen-bond donors (Lipinski definition) is 1. The van der Waals surface area contributed by atoms with Gasteiger partial charge in [0.15, 0.2) is 0 Å². The van der Waals surface area contributed by atoms with Crippen molar-refractivity contribution in [3.8, 4) is 0 Å². The number of aromatic nitrogens is 1.